The van der Waals surface area contributed by atoms with Crippen molar-refractivity contribution in [1.29, 1.82) is 0 Å². The van der Waals surface area contributed by atoms with Gasteiger partial charge in [-0.05, 0) is 50.2 Å². The molecule has 0 unspecified atom stereocenters. The van der Waals surface area contributed by atoms with Crippen molar-refractivity contribution in [3.63, 3.8) is 0 Å². The molecule has 0 amide bonds. The van der Waals surface area contributed by atoms with Crippen LogP contribution in [0.15, 0.2) is 47.5 Å². The van der Waals surface area contributed by atoms with E-state index in [0.29, 0.717) is 28.5 Å². The minimum Gasteiger partial charge on any atom is -0.494 e. The summed E-state index contributed by atoms with van der Waals surface area (Å²) in [4.78, 5) is 8.77. The molecule has 8 nitrogen and oxygen atoms in total. The maximum Gasteiger partial charge on any atom is 0.238 e. The van der Waals surface area contributed by atoms with Gasteiger partial charge in [-0.15, -0.1) is 0 Å². The lowest BCUT2D eigenvalue weighted by Crippen LogP contribution is -2.14. The number of nitrogens with zero attached hydrogens (tertiary/aromatic N) is 2. The monoisotopic (exact) mass is 412 g/mol. The van der Waals surface area contributed by atoms with Gasteiger partial charge in [0.15, 0.2) is 0 Å². The quantitative estimate of drug-likeness (QED) is 0.560. The number of nitrogens with one attached hydrogen (secondary N) is 1. The smallest absolute Gasteiger partial charge is 0.238 e. The number of primary sulfonamides is 1. The Bertz CT molecular complexity index is 1220. The number of aromatic nitrogens is 2. The second-order valence-corrected chi connectivity index (χ2v) is 8.37. The van der Waals surface area contributed by atoms with Gasteiger partial charge in [-0.1, -0.05) is 11.8 Å². The number of methoxy groups -OCH3 is 1. The van der Waals surface area contributed by atoms with Crippen molar-refractivity contribution in [2.75, 3.05) is 12.4 Å². The van der Waals surface area contributed by atoms with Gasteiger partial charge in [0, 0.05) is 22.8 Å². The molecule has 0 saturated carbocycles. The fraction of sp³-hybridized carbons (Fsp3) is 0.200. The first-order chi connectivity index (χ1) is 13.5. The van der Waals surface area contributed by atoms with Crippen LogP contribution in [0.1, 0.15) is 19.4 Å². The van der Waals surface area contributed by atoms with E-state index < -0.39 is 15.6 Å². The molecule has 1 heterocycles. The molecule has 0 fully saturated rings. The highest BCUT2D eigenvalue weighted by molar-refractivity contribution is 7.89. The Hall–Kier alpha value is -3.19. The largest absolute Gasteiger partial charge is 0.494 e. The first-order valence-corrected chi connectivity index (χ1v) is 10.1. The Morgan fingerprint density at radius 1 is 1.21 bits per heavy atom. The summed E-state index contributed by atoms with van der Waals surface area (Å²) in [6.07, 6.45) is 1.63. The zero-order valence-electron chi connectivity index (χ0n) is 16.1. The van der Waals surface area contributed by atoms with Crippen molar-refractivity contribution >= 4 is 32.6 Å². The topological polar surface area (TPSA) is 127 Å². The zero-order valence-corrected chi connectivity index (χ0v) is 16.9. The van der Waals surface area contributed by atoms with E-state index in [9.17, 15) is 13.5 Å². The number of rotatable bonds is 4. The highest BCUT2D eigenvalue weighted by atomic mass is 32.2. The molecule has 0 atom stereocenters. The van der Waals surface area contributed by atoms with Crippen LogP contribution >= 0.6 is 0 Å². The molecule has 3 aromatic rings. The molecule has 150 valence electrons. The molecule has 2 aromatic carbocycles. The molecule has 0 aliphatic carbocycles. The van der Waals surface area contributed by atoms with Crippen molar-refractivity contribution in [3.05, 3.63) is 48.2 Å². The van der Waals surface area contributed by atoms with Gasteiger partial charge in [0.2, 0.25) is 16.0 Å². The maximum absolute atomic E-state index is 11.3. The number of aliphatic hydroxyl groups is 1. The van der Waals surface area contributed by atoms with Gasteiger partial charge >= 0.3 is 0 Å². The molecule has 1 aromatic heterocycles. The summed E-state index contributed by atoms with van der Waals surface area (Å²) in [6.45, 7) is 3.21. The third-order valence-corrected chi connectivity index (χ3v) is 4.75. The van der Waals surface area contributed by atoms with Crippen molar-refractivity contribution in [3.8, 4) is 17.6 Å². The molecule has 29 heavy (non-hydrogen) atoms. The molecule has 9 heteroatoms. The van der Waals surface area contributed by atoms with E-state index in [1.54, 1.807) is 44.3 Å². The van der Waals surface area contributed by atoms with E-state index in [2.05, 4.69) is 27.1 Å². The highest BCUT2D eigenvalue weighted by Gasteiger charge is 2.11. The van der Waals surface area contributed by atoms with Crippen molar-refractivity contribution in [2.24, 2.45) is 5.14 Å². The van der Waals surface area contributed by atoms with Crippen LogP contribution in [-0.2, 0) is 10.0 Å². The third kappa shape index (κ3) is 5.20. The van der Waals surface area contributed by atoms with E-state index in [1.807, 2.05) is 0 Å². The van der Waals surface area contributed by atoms with Gasteiger partial charge in [-0.2, -0.15) is 0 Å². The first-order valence-electron chi connectivity index (χ1n) is 8.55. The number of hydrogen-bond donors (Lipinski definition) is 3. The average molecular weight is 412 g/mol. The zero-order chi connectivity index (χ0) is 21.2. The number of benzene rings is 2. The van der Waals surface area contributed by atoms with Crippen LogP contribution < -0.4 is 15.2 Å². The lowest BCUT2D eigenvalue weighted by Gasteiger charge is -2.10. The van der Waals surface area contributed by atoms with E-state index in [-0.39, 0.29) is 4.90 Å². The van der Waals surface area contributed by atoms with Crippen LogP contribution in [-0.4, -0.2) is 36.2 Å². The van der Waals surface area contributed by atoms with Gasteiger partial charge < -0.3 is 15.2 Å². The highest BCUT2D eigenvalue weighted by Crippen LogP contribution is 2.27. The summed E-state index contributed by atoms with van der Waals surface area (Å²) < 4.78 is 28.1. The van der Waals surface area contributed by atoms with E-state index >= 15 is 0 Å². The minimum atomic E-state index is -3.75. The van der Waals surface area contributed by atoms with E-state index in [1.165, 1.54) is 19.2 Å². The van der Waals surface area contributed by atoms with Crippen molar-refractivity contribution in [1.82, 2.24) is 9.97 Å². The van der Waals surface area contributed by atoms with Gasteiger partial charge in [0.25, 0.3) is 0 Å². The Morgan fingerprint density at radius 2 is 1.90 bits per heavy atom. The van der Waals surface area contributed by atoms with Gasteiger partial charge in [-0.3, -0.25) is 0 Å². The maximum atomic E-state index is 11.3. The van der Waals surface area contributed by atoms with E-state index in [0.717, 1.165) is 5.39 Å². The molecule has 0 spiro atoms. The predicted molar refractivity (Wildman–Crippen MR) is 110 cm³/mol. The van der Waals surface area contributed by atoms with Gasteiger partial charge in [-0.25, -0.2) is 23.5 Å². The summed E-state index contributed by atoms with van der Waals surface area (Å²) >= 11 is 0. The predicted octanol–water partition coefficient (Wildman–Crippen LogP) is 2.15. The number of hydrogen-bond acceptors (Lipinski definition) is 7. The summed E-state index contributed by atoms with van der Waals surface area (Å²) in [6, 6.07) is 9.47. The van der Waals surface area contributed by atoms with Crippen LogP contribution in [0, 0.1) is 11.8 Å². The SMILES string of the molecule is COc1cc(C#CC(C)(C)O)cc2cnc(Nc3ccc(S(N)(=O)=O)cc3)nc12. The Morgan fingerprint density at radius 3 is 2.48 bits per heavy atom. The number of fused-ring (bicyclic) bond motifs is 1. The standard InChI is InChI=1S/C20H20N4O4S/c1-20(2,25)9-8-13-10-14-12-22-19(24-18(14)17(11-13)28-3)23-15-4-6-16(7-5-15)29(21,26)27/h4-7,10-12,25H,1-3H3,(H2,21,26,27)(H,22,23,24). The molecule has 0 bridgehead atoms. The van der Waals surface area contributed by atoms with Crippen molar-refractivity contribution in [2.45, 2.75) is 24.3 Å². The summed E-state index contributed by atoms with van der Waals surface area (Å²) in [5, 5.41) is 18.6. The molecule has 0 radical (unpaired) electrons. The normalized spacial score (nSPS) is 11.6. The molecule has 3 rings (SSSR count). The van der Waals surface area contributed by atoms with E-state index in [4.69, 9.17) is 9.88 Å². The first kappa shape index (κ1) is 20.5. The second kappa shape index (κ2) is 7.67. The Kier molecular flexibility index (Phi) is 5.44. The molecule has 0 aliphatic rings. The summed E-state index contributed by atoms with van der Waals surface area (Å²) in [7, 11) is -2.22. The average Bonchev–Trinajstić information content (AvgIpc) is 2.65. The van der Waals surface area contributed by atoms with Crippen LogP contribution in [0.5, 0.6) is 5.75 Å². The number of anilines is 2. The number of sulfonamides is 1. The lowest BCUT2D eigenvalue weighted by molar-refractivity contribution is 0.143. The van der Waals surface area contributed by atoms with Crippen LogP contribution in [0.3, 0.4) is 0 Å². The molecular formula is C20H20N4O4S. The number of nitrogens with two attached hydrogens (primary N) is 1. The minimum absolute atomic E-state index is 0.0174. The lowest BCUT2D eigenvalue weighted by atomic mass is 10.1. The fourth-order valence-electron chi connectivity index (χ4n) is 2.48. The van der Waals surface area contributed by atoms with Gasteiger partial charge in [0.1, 0.15) is 16.9 Å². The summed E-state index contributed by atoms with van der Waals surface area (Å²) in [5.74, 6) is 6.50. The molecule has 0 saturated heterocycles. The van der Waals surface area contributed by atoms with Gasteiger partial charge in [0.05, 0.1) is 12.0 Å². The Labute approximate surface area is 168 Å². The van der Waals surface area contributed by atoms with Crippen LogP contribution in [0.4, 0.5) is 11.6 Å². The summed E-state index contributed by atoms with van der Waals surface area (Å²) in [5.41, 5.74) is 0.744. The molecule has 0 aliphatic heterocycles. The van der Waals surface area contributed by atoms with Crippen LogP contribution in [0.2, 0.25) is 0 Å². The molecular weight excluding hydrogens is 392 g/mol. The number of ether oxygens (including phenoxy) is 1. The molecule has 4 N–H and O–H groups in total. The fourth-order valence-corrected chi connectivity index (χ4v) is 3.00. The van der Waals surface area contributed by atoms with Crippen LogP contribution in [0.25, 0.3) is 10.9 Å². The van der Waals surface area contributed by atoms with Crippen molar-refractivity contribution < 1.29 is 18.3 Å². The second-order valence-electron chi connectivity index (χ2n) is 6.81. The third-order valence-electron chi connectivity index (χ3n) is 3.82. The Balaban J connectivity index is 1.94.